The molecular formula is C14H13F2N3O4S2. The summed E-state index contributed by atoms with van der Waals surface area (Å²) in [6.45, 7) is 0.500. The first-order valence-corrected chi connectivity index (χ1v) is 9.44. The highest BCUT2D eigenvalue weighted by atomic mass is 32.2. The zero-order valence-electron chi connectivity index (χ0n) is 12.7. The van der Waals surface area contributed by atoms with E-state index in [1.54, 1.807) is 4.90 Å². The Bertz CT molecular complexity index is 888. The Kier molecular flexibility index (Phi) is 4.71. The minimum atomic E-state index is -4.29. The van der Waals surface area contributed by atoms with Crippen molar-refractivity contribution in [3.05, 3.63) is 40.9 Å². The lowest BCUT2D eigenvalue weighted by Gasteiger charge is -2.33. The molecule has 0 radical (unpaired) electrons. The SMILES string of the molecule is O=C(O)c1cnc(N2CCN(S(=O)(=O)c3c(F)cccc3F)CC2)s1. The molecule has 1 aliphatic rings. The zero-order valence-corrected chi connectivity index (χ0v) is 14.4. The molecule has 1 aliphatic heterocycles. The summed E-state index contributed by atoms with van der Waals surface area (Å²) < 4.78 is 53.6. The summed E-state index contributed by atoms with van der Waals surface area (Å²) in [6, 6.07) is 2.90. The van der Waals surface area contributed by atoms with E-state index in [1.165, 1.54) is 6.20 Å². The fourth-order valence-corrected chi connectivity index (χ4v) is 4.83. The van der Waals surface area contributed by atoms with Gasteiger partial charge in [0.05, 0.1) is 6.20 Å². The Labute approximate surface area is 146 Å². The summed E-state index contributed by atoms with van der Waals surface area (Å²) in [5.41, 5.74) is 0. The number of hydrogen-bond acceptors (Lipinski definition) is 6. The summed E-state index contributed by atoms with van der Waals surface area (Å²) in [5.74, 6) is -3.35. The van der Waals surface area contributed by atoms with Crippen LogP contribution < -0.4 is 4.90 Å². The predicted octanol–water partition coefficient (Wildman–Crippen LogP) is 1.63. The number of aromatic nitrogens is 1. The summed E-state index contributed by atoms with van der Waals surface area (Å²) in [6.07, 6.45) is 1.24. The monoisotopic (exact) mass is 389 g/mol. The van der Waals surface area contributed by atoms with Crippen LogP contribution in [0.3, 0.4) is 0 Å². The minimum absolute atomic E-state index is 0.0120. The van der Waals surface area contributed by atoms with Crippen LogP contribution in [0, 0.1) is 11.6 Å². The number of thiazole rings is 1. The average Bonchev–Trinajstić information content (AvgIpc) is 3.05. The molecule has 0 bridgehead atoms. The second-order valence-corrected chi connectivity index (χ2v) is 8.14. The summed E-state index contributed by atoms with van der Waals surface area (Å²) >= 11 is 0.985. The van der Waals surface area contributed by atoms with E-state index in [1.807, 2.05) is 0 Å². The highest BCUT2D eigenvalue weighted by Gasteiger charge is 2.33. The largest absolute Gasteiger partial charge is 0.477 e. The second kappa shape index (κ2) is 6.65. The first kappa shape index (κ1) is 17.7. The lowest BCUT2D eigenvalue weighted by Crippen LogP contribution is -2.49. The second-order valence-electron chi connectivity index (χ2n) is 5.25. The minimum Gasteiger partial charge on any atom is -0.477 e. The number of carbonyl (C=O) groups is 1. The molecule has 25 heavy (non-hydrogen) atoms. The fourth-order valence-electron chi connectivity index (χ4n) is 2.49. The van der Waals surface area contributed by atoms with Crippen molar-refractivity contribution in [2.45, 2.75) is 4.90 Å². The number of hydrogen-bond donors (Lipinski definition) is 1. The first-order chi connectivity index (χ1) is 11.8. The van der Waals surface area contributed by atoms with Crippen LogP contribution in [0.1, 0.15) is 9.67 Å². The van der Waals surface area contributed by atoms with Crippen molar-refractivity contribution in [3.8, 4) is 0 Å². The Morgan fingerprint density at radius 2 is 1.76 bits per heavy atom. The molecule has 2 heterocycles. The van der Waals surface area contributed by atoms with Crippen LogP contribution in [-0.2, 0) is 10.0 Å². The van der Waals surface area contributed by atoms with Gasteiger partial charge in [-0.1, -0.05) is 17.4 Å². The molecule has 1 N–H and O–H groups in total. The van der Waals surface area contributed by atoms with Crippen molar-refractivity contribution in [3.63, 3.8) is 0 Å². The van der Waals surface area contributed by atoms with Crippen molar-refractivity contribution in [2.75, 3.05) is 31.1 Å². The van der Waals surface area contributed by atoms with Crippen molar-refractivity contribution in [1.29, 1.82) is 0 Å². The first-order valence-electron chi connectivity index (χ1n) is 7.19. The molecule has 2 aromatic rings. The number of carboxylic acid groups (broad SMARTS) is 1. The number of aromatic carboxylic acids is 1. The van der Waals surface area contributed by atoms with E-state index in [4.69, 9.17) is 5.11 Å². The van der Waals surface area contributed by atoms with Crippen LogP contribution in [0.25, 0.3) is 0 Å². The van der Waals surface area contributed by atoms with Crippen molar-refractivity contribution in [2.24, 2.45) is 0 Å². The number of anilines is 1. The van der Waals surface area contributed by atoms with Gasteiger partial charge in [0.1, 0.15) is 16.5 Å². The predicted molar refractivity (Wildman–Crippen MR) is 86.4 cm³/mol. The van der Waals surface area contributed by atoms with Gasteiger partial charge in [-0.15, -0.1) is 0 Å². The van der Waals surface area contributed by atoms with E-state index in [2.05, 4.69) is 4.98 Å². The van der Waals surface area contributed by atoms with Gasteiger partial charge in [-0.05, 0) is 12.1 Å². The lowest BCUT2D eigenvalue weighted by molar-refractivity contribution is 0.0702. The third-order valence-electron chi connectivity index (χ3n) is 3.73. The van der Waals surface area contributed by atoms with E-state index in [9.17, 15) is 22.0 Å². The molecule has 0 aliphatic carbocycles. The fraction of sp³-hybridized carbons (Fsp3) is 0.286. The maximum absolute atomic E-state index is 13.8. The van der Waals surface area contributed by atoms with Gasteiger partial charge in [-0.3, -0.25) is 0 Å². The number of piperazine rings is 1. The maximum Gasteiger partial charge on any atom is 0.347 e. The number of halogens is 2. The maximum atomic E-state index is 13.8. The van der Waals surface area contributed by atoms with Gasteiger partial charge in [-0.2, -0.15) is 4.31 Å². The molecule has 0 atom stereocenters. The molecule has 0 spiro atoms. The van der Waals surface area contributed by atoms with Gasteiger partial charge in [-0.25, -0.2) is 27.0 Å². The van der Waals surface area contributed by atoms with Crippen LogP contribution >= 0.6 is 11.3 Å². The lowest BCUT2D eigenvalue weighted by atomic mass is 10.3. The molecule has 0 saturated carbocycles. The third-order valence-corrected chi connectivity index (χ3v) is 6.73. The average molecular weight is 389 g/mol. The molecule has 11 heteroatoms. The van der Waals surface area contributed by atoms with E-state index in [0.29, 0.717) is 5.13 Å². The van der Waals surface area contributed by atoms with Crippen LogP contribution in [0.15, 0.2) is 29.3 Å². The standard InChI is InChI=1S/C14H13F2N3O4S2/c15-9-2-1-3-10(16)12(9)25(22,23)19-6-4-18(5-7-19)14-17-8-11(24-14)13(20)21/h1-3,8H,4-7H2,(H,20,21). The van der Waals surface area contributed by atoms with Crippen LogP contribution in [-0.4, -0.2) is 55.0 Å². The van der Waals surface area contributed by atoms with E-state index in [-0.39, 0.29) is 31.1 Å². The van der Waals surface area contributed by atoms with Crippen molar-refractivity contribution in [1.82, 2.24) is 9.29 Å². The topological polar surface area (TPSA) is 90.8 Å². The van der Waals surface area contributed by atoms with Gasteiger partial charge in [0.15, 0.2) is 10.0 Å². The molecule has 134 valence electrons. The Hall–Kier alpha value is -2.11. The number of carboxylic acids is 1. The van der Waals surface area contributed by atoms with Gasteiger partial charge < -0.3 is 10.0 Å². The summed E-state index contributed by atoms with van der Waals surface area (Å²) in [4.78, 5) is 15.8. The highest BCUT2D eigenvalue weighted by molar-refractivity contribution is 7.89. The molecule has 3 rings (SSSR count). The Morgan fingerprint density at radius 3 is 2.28 bits per heavy atom. The zero-order chi connectivity index (χ0) is 18.2. The van der Waals surface area contributed by atoms with E-state index in [0.717, 1.165) is 33.8 Å². The van der Waals surface area contributed by atoms with Gasteiger partial charge in [0, 0.05) is 26.2 Å². The number of sulfonamides is 1. The van der Waals surface area contributed by atoms with Gasteiger partial charge >= 0.3 is 5.97 Å². The smallest absolute Gasteiger partial charge is 0.347 e. The van der Waals surface area contributed by atoms with Crippen molar-refractivity contribution >= 4 is 32.5 Å². The van der Waals surface area contributed by atoms with Crippen LogP contribution in [0.5, 0.6) is 0 Å². The van der Waals surface area contributed by atoms with E-state index >= 15 is 0 Å². The molecule has 1 aromatic carbocycles. The van der Waals surface area contributed by atoms with Crippen LogP contribution in [0.2, 0.25) is 0 Å². The molecule has 0 unspecified atom stereocenters. The summed E-state index contributed by atoms with van der Waals surface area (Å²) in [7, 11) is -4.29. The number of rotatable bonds is 4. The molecule has 7 nitrogen and oxygen atoms in total. The Morgan fingerprint density at radius 1 is 1.16 bits per heavy atom. The third kappa shape index (κ3) is 3.34. The quantitative estimate of drug-likeness (QED) is 0.855. The molecule has 1 saturated heterocycles. The highest BCUT2D eigenvalue weighted by Crippen LogP contribution is 2.27. The number of nitrogens with zero attached hydrogens (tertiary/aromatic N) is 3. The summed E-state index contributed by atoms with van der Waals surface area (Å²) in [5, 5.41) is 9.38. The van der Waals surface area contributed by atoms with Gasteiger partial charge in [0.2, 0.25) is 10.0 Å². The molecule has 0 amide bonds. The van der Waals surface area contributed by atoms with Gasteiger partial charge in [0.25, 0.3) is 0 Å². The van der Waals surface area contributed by atoms with E-state index < -0.39 is 32.5 Å². The molecule has 1 aromatic heterocycles. The number of benzene rings is 1. The molecular weight excluding hydrogens is 376 g/mol. The Balaban J connectivity index is 1.76. The van der Waals surface area contributed by atoms with Crippen molar-refractivity contribution < 1.29 is 27.1 Å². The van der Waals surface area contributed by atoms with Crippen LogP contribution in [0.4, 0.5) is 13.9 Å². The normalized spacial score (nSPS) is 16.2. The molecule has 1 fully saturated rings.